The van der Waals surface area contributed by atoms with Crippen LogP contribution in [0.4, 0.5) is 0 Å². The summed E-state index contributed by atoms with van der Waals surface area (Å²) in [6.45, 7) is 4.58. The first-order chi connectivity index (χ1) is 8.87. The van der Waals surface area contributed by atoms with Gasteiger partial charge >= 0.3 is 0 Å². The van der Waals surface area contributed by atoms with Crippen LogP contribution in [0, 0.1) is 5.41 Å². The molecular formula is C15H23ClO2S. The van der Waals surface area contributed by atoms with E-state index in [0.717, 1.165) is 34.9 Å². The van der Waals surface area contributed by atoms with Gasteiger partial charge in [-0.2, -0.15) is 0 Å². The van der Waals surface area contributed by atoms with Crippen molar-refractivity contribution in [1.82, 2.24) is 0 Å². The summed E-state index contributed by atoms with van der Waals surface area (Å²) >= 11 is 7.48. The molecule has 0 spiro atoms. The molecule has 0 radical (unpaired) electrons. The Kier molecular flexibility index (Phi) is 4.61. The fraction of sp³-hybridized carbons (Fsp3) is 0.733. The number of ether oxygens (including phenoxy) is 1. The summed E-state index contributed by atoms with van der Waals surface area (Å²) in [5, 5.41) is 10.6. The van der Waals surface area contributed by atoms with Gasteiger partial charge in [-0.25, -0.2) is 0 Å². The lowest BCUT2D eigenvalue weighted by molar-refractivity contribution is -0.135. The van der Waals surface area contributed by atoms with Gasteiger partial charge in [-0.1, -0.05) is 25.4 Å². The first-order valence-electron chi connectivity index (χ1n) is 6.84. The molecule has 1 aromatic heterocycles. The zero-order valence-electron chi connectivity index (χ0n) is 11.9. The Labute approximate surface area is 124 Å². The van der Waals surface area contributed by atoms with Crippen molar-refractivity contribution in [2.45, 2.75) is 57.7 Å². The molecule has 2 nitrogen and oxygen atoms in total. The summed E-state index contributed by atoms with van der Waals surface area (Å²) in [7, 11) is 1.73. The van der Waals surface area contributed by atoms with Crippen LogP contribution in [0.1, 0.15) is 44.4 Å². The zero-order valence-corrected chi connectivity index (χ0v) is 13.5. The van der Waals surface area contributed by atoms with Crippen molar-refractivity contribution in [3.63, 3.8) is 0 Å². The van der Waals surface area contributed by atoms with Crippen LogP contribution in [-0.2, 0) is 11.2 Å². The molecule has 1 heterocycles. The second-order valence-corrected chi connectivity index (χ2v) is 8.16. The Morgan fingerprint density at radius 1 is 1.32 bits per heavy atom. The number of hydrogen-bond donors (Lipinski definition) is 1. The first-order valence-corrected chi connectivity index (χ1v) is 8.04. The van der Waals surface area contributed by atoms with Gasteiger partial charge in [0.05, 0.1) is 16.0 Å². The molecule has 19 heavy (non-hydrogen) atoms. The molecule has 1 aromatic rings. The summed E-state index contributed by atoms with van der Waals surface area (Å²) < 4.78 is 6.51. The van der Waals surface area contributed by atoms with E-state index in [2.05, 4.69) is 13.8 Å². The summed E-state index contributed by atoms with van der Waals surface area (Å²) in [6.07, 6.45) is 4.23. The van der Waals surface area contributed by atoms with Gasteiger partial charge in [-0.15, -0.1) is 11.3 Å². The molecule has 0 aromatic carbocycles. The van der Waals surface area contributed by atoms with E-state index >= 15 is 0 Å². The smallest absolute Gasteiger partial charge is 0.0940 e. The van der Waals surface area contributed by atoms with Crippen LogP contribution in [0.2, 0.25) is 4.34 Å². The van der Waals surface area contributed by atoms with Crippen LogP contribution >= 0.6 is 22.9 Å². The number of methoxy groups -OCH3 is 1. The molecule has 0 aliphatic heterocycles. The van der Waals surface area contributed by atoms with Crippen molar-refractivity contribution in [1.29, 1.82) is 0 Å². The Balaban J connectivity index is 2.05. The average Bonchev–Trinajstić information content (AvgIpc) is 2.75. The van der Waals surface area contributed by atoms with Gasteiger partial charge in [0, 0.05) is 18.4 Å². The van der Waals surface area contributed by atoms with Gasteiger partial charge in [-0.3, -0.25) is 0 Å². The van der Waals surface area contributed by atoms with Crippen LogP contribution in [0.3, 0.4) is 0 Å². The SMILES string of the molecule is COC1(C(O)Cc2ccc(Cl)s2)CCC(C)(C)CC1. The van der Waals surface area contributed by atoms with E-state index < -0.39 is 6.10 Å². The summed E-state index contributed by atoms with van der Waals surface area (Å²) in [5.41, 5.74) is -0.0139. The lowest BCUT2D eigenvalue weighted by Gasteiger charge is -2.45. The Morgan fingerprint density at radius 3 is 2.42 bits per heavy atom. The van der Waals surface area contributed by atoms with Gasteiger partial charge in [0.15, 0.2) is 0 Å². The second-order valence-electron chi connectivity index (χ2n) is 6.36. The molecule has 1 atom stereocenters. The highest BCUT2D eigenvalue weighted by molar-refractivity contribution is 7.16. The number of thiophene rings is 1. The van der Waals surface area contributed by atoms with Crippen molar-refractivity contribution in [3.05, 3.63) is 21.3 Å². The molecule has 1 fully saturated rings. The quantitative estimate of drug-likeness (QED) is 0.899. The summed E-state index contributed by atoms with van der Waals surface area (Å²) in [6, 6.07) is 3.88. The van der Waals surface area contributed by atoms with Crippen molar-refractivity contribution >= 4 is 22.9 Å². The van der Waals surface area contributed by atoms with E-state index in [1.54, 1.807) is 7.11 Å². The number of aliphatic hydroxyl groups is 1. The molecule has 108 valence electrons. The van der Waals surface area contributed by atoms with E-state index in [0.29, 0.717) is 11.8 Å². The topological polar surface area (TPSA) is 29.5 Å². The fourth-order valence-electron chi connectivity index (χ4n) is 2.86. The van der Waals surface area contributed by atoms with Gasteiger partial charge in [0.2, 0.25) is 0 Å². The first kappa shape index (κ1) is 15.3. The molecule has 4 heteroatoms. The summed E-state index contributed by atoms with van der Waals surface area (Å²) in [4.78, 5) is 1.12. The van der Waals surface area contributed by atoms with Gasteiger partial charge < -0.3 is 9.84 Å². The lowest BCUT2D eigenvalue weighted by Crippen LogP contribution is -2.49. The van der Waals surface area contributed by atoms with Crippen molar-refractivity contribution in [3.8, 4) is 0 Å². The second kappa shape index (κ2) is 5.72. The third kappa shape index (κ3) is 3.52. The van der Waals surface area contributed by atoms with Crippen molar-refractivity contribution in [2.24, 2.45) is 5.41 Å². The Hall–Kier alpha value is -0.0900. The fourth-order valence-corrected chi connectivity index (χ4v) is 3.99. The molecule has 1 unspecified atom stereocenters. The maximum absolute atomic E-state index is 10.6. The Morgan fingerprint density at radius 2 is 1.95 bits per heavy atom. The standard InChI is InChI=1S/C15H23ClO2S/c1-14(2)6-8-15(18-3,9-7-14)12(17)10-11-4-5-13(16)19-11/h4-5,12,17H,6-10H2,1-3H3. The van der Waals surface area contributed by atoms with Gasteiger partial charge in [0.25, 0.3) is 0 Å². The maximum Gasteiger partial charge on any atom is 0.0940 e. The molecule has 0 bridgehead atoms. The largest absolute Gasteiger partial charge is 0.390 e. The number of rotatable bonds is 4. The number of halogens is 1. The minimum atomic E-state index is -0.455. The van der Waals surface area contributed by atoms with Gasteiger partial charge in [0.1, 0.15) is 0 Å². The van der Waals surface area contributed by atoms with Crippen LogP contribution in [-0.4, -0.2) is 23.9 Å². The molecule has 0 amide bonds. The third-order valence-electron chi connectivity index (χ3n) is 4.49. The lowest BCUT2D eigenvalue weighted by atomic mass is 9.68. The normalized spacial score (nSPS) is 23.2. The maximum atomic E-state index is 10.6. The summed E-state index contributed by atoms with van der Waals surface area (Å²) in [5.74, 6) is 0. The number of aliphatic hydroxyl groups excluding tert-OH is 1. The zero-order chi connectivity index (χ0) is 14.1. The molecule has 0 saturated heterocycles. The van der Waals surface area contributed by atoms with Crippen LogP contribution < -0.4 is 0 Å². The van der Waals surface area contributed by atoms with Crippen molar-refractivity contribution < 1.29 is 9.84 Å². The Bertz CT molecular complexity index is 418. The predicted octanol–water partition coefficient (Wildman–Crippen LogP) is 4.29. The molecular weight excluding hydrogens is 280 g/mol. The van der Waals surface area contributed by atoms with Crippen LogP contribution in [0.15, 0.2) is 12.1 Å². The van der Waals surface area contributed by atoms with E-state index in [-0.39, 0.29) is 5.60 Å². The average molecular weight is 303 g/mol. The predicted molar refractivity (Wildman–Crippen MR) is 81.0 cm³/mol. The van der Waals surface area contributed by atoms with E-state index in [1.165, 1.54) is 11.3 Å². The van der Waals surface area contributed by atoms with E-state index in [4.69, 9.17) is 16.3 Å². The van der Waals surface area contributed by atoms with Gasteiger partial charge in [-0.05, 0) is 43.2 Å². The molecule has 1 saturated carbocycles. The molecule has 2 rings (SSSR count). The van der Waals surface area contributed by atoms with Crippen molar-refractivity contribution in [2.75, 3.05) is 7.11 Å². The minimum absolute atomic E-state index is 0.369. The highest BCUT2D eigenvalue weighted by atomic mass is 35.5. The minimum Gasteiger partial charge on any atom is -0.390 e. The molecule has 1 aliphatic carbocycles. The number of hydrogen-bond acceptors (Lipinski definition) is 3. The highest BCUT2D eigenvalue weighted by Crippen LogP contribution is 2.44. The highest BCUT2D eigenvalue weighted by Gasteiger charge is 2.43. The van der Waals surface area contributed by atoms with Crippen LogP contribution in [0.5, 0.6) is 0 Å². The molecule has 1 aliphatic rings. The third-order valence-corrected chi connectivity index (χ3v) is 5.74. The molecule has 1 N–H and O–H groups in total. The monoisotopic (exact) mass is 302 g/mol. The van der Waals surface area contributed by atoms with Crippen LogP contribution in [0.25, 0.3) is 0 Å². The van der Waals surface area contributed by atoms with E-state index in [1.807, 2.05) is 12.1 Å². The van der Waals surface area contributed by atoms with E-state index in [9.17, 15) is 5.11 Å².